The van der Waals surface area contributed by atoms with E-state index in [1.54, 1.807) is 36.3 Å². The highest BCUT2D eigenvalue weighted by atomic mass is 16.5. The zero-order valence-corrected chi connectivity index (χ0v) is 16.9. The number of pyridine rings is 1. The van der Waals surface area contributed by atoms with E-state index < -0.39 is 11.2 Å². The van der Waals surface area contributed by atoms with Crippen LogP contribution in [0.5, 0.6) is 5.75 Å². The lowest BCUT2D eigenvalue weighted by atomic mass is 10.3. The zero-order valence-electron chi connectivity index (χ0n) is 16.9. The molecule has 31 heavy (non-hydrogen) atoms. The highest BCUT2D eigenvalue weighted by Gasteiger charge is 2.17. The van der Waals surface area contributed by atoms with Gasteiger partial charge in [-0.25, -0.2) is 10.2 Å². The van der Waals surface area contributed by atoms with Gasteiger partial charge in [-0.05, 0) is 24.6 Å². The summed E-state index contributed by atoms with van der Waals surface area (Å²) in [7, 11) is 1.55. The van der Waals surface area contributed by atoms with E-state index in [-0.39, 0.29) is 5.65 Å². The molecule has 0 aliphatic carbocycles. The number of aromatic amines is 1. The van der Waals surface area contributed by atoms with Crippen molar-refractivity contribution in [2.75, 3.05) is 12.0 Å². The molecule has 4 aromatic rings. The van der Waals surface area contributed by atoms with Crippen LogP contribution in [-0.2, 0) is 13.6 Å². The topological polar surface area (TPSA) is 119 Å². The number of fused-ring (bicyclic) bond motifs is 1. The Balaban J connectivity index is 1.58. The SMILES string of the molecule is Cn1c(=O)[nH]c(=O)c2c1nc(NN=Cc1cccnc1)n2CCCOc1ccccc1. The van der Waals surface area contributed by atoms with Gasteiger partial charge in [-0.2, -0.15) is 10.1 Å². The van der Waals surface area contributed by atoms with Crippen molar-refractivity contribution in [2.24, 2.45) is 12.1 Å². The second-order valence-electron chi connectivity index (χ2n) is 6.75. The van der Waals surface area contributed by atoms with Crippen molar-refractivity contribution in [3.05, 3.63) is 81.3 Å². The minimum Gasteiger partial charge on any atom is -0.494 e. The monoisotopic (exact) mass is 419 g/mol. The number of imidazole rings is 1. The molecular formula is C21H21N7O3. The van der Waals surface area contributed by atoms with Crippen LogP contribution in [0.1, 0.15) is 12.0 Å². The van der Waals surface area contributed by atoms with Crippen LogP contribution < -0.4 is 21.4 Å². The number of rotatable bonds is 8. The summed E-state index contributed by atoms with van der Waals surface area (Å²) in [5.74, 6) is 1.12. The lowest BCUT2D eigenvalue weighted by molar-refractivity contribution is 0.303. The van der Waals surface area contributed by atoms with Gasteiger partial charge in [0.1, 0.15) is 5.75 Å². The van der Waals surface area contributed by atoms with Crippen LogP contribution in [0, 0.1) is 0 Å². The first-order valence-electron chi connectivity index (χ1n) is 9.70. The molecule has 0 bridgehead atoms. The average molecular weight is 419 g/mol. The first-order valence-corrected chi connectivity index (χ1v) is 9.70. The number of H-pyrrole nitrogens is 1. The molecule has 158 valence electrons. The Bertz CT molecular complexity index is 1310. The predicted molar refractivity (Wildman–Crippen MR) is 118 cm³/mol. The molecule has 10 nitrogen and oxygen atoms in total. The number of nitrogens with zero attached hydrogens (tertiary/aromatic N) is 5. The summed E-state index contributed by atoms with van der Waals surface area (Å²) in [5, 5.41) is 4.20. The molecule has 0 unspecified atom stereocenters. The standard InChI is InChI=1S/C21H21N7O3/c1-27-18-17(19(29)25-21(27)30)28(11-6-12-31-16-8-3-2-4-9-16)20(24-18)26-23-14-15-7-5-10-22-13-15/h2-5,7-10,13-14H,6,11-12H2,1H3,(H,24,26)(H,25,29,30). The molecule has 3 aromatic heterocycles. The molecule has 0 aliphatic rings. The largest absolute Gasteiger partial charge is 0.494 e. The van der Waals surface area contributed by atoms with Crippen LogP contribution in [0.4, 0.5) is 5.95 Å². The molecule has 0 saturated carbocycles. The van der Waals surface area contributed by atoms with Crippen LogP contribution in [-0.4, -0.2) is 36.9 Å². The summed E-state index contributed by atoms with van der Waals surface area (Å²) in [5.41, 5.74) is 3.21. The minimum atomic E-state index is -0.528. The Morgan fingerprint density at radius 2 is 2.03 bits per heavy atom. The van der Waals surface area contributed by atoms with Gasteiger partial charge >= 0.3 is 5.69 Å². The van der Waals surface area contributed by atoms with E-state index in [1.807, 2.05) is 36.4 Å². The predicted octanol–water partition coefficient (Wildman–Crippen LogP) is 1.73. The first-order chi connectivity index (χ1) is 15.1. The molecule has 4 rings (SSSR count). The van der Waals surface area contributed by atoms with Crippen molar-refractivity contribution in [3.63, 3.8) is 0 Å². The third-order valence-electron chi connectivity index (χ3n) is 4.61. The van der Waals surface area contributed by atoms with E-state index in [9.17, 15) is 9.59 Å². The number of para-hydroxylation sites is 1. The third kappa shape index (κ3) is 4.53. The quantitative estimate of drug-likeness (QED) is 0.255. The molecule has 0 aliphatic heterocycles. The lowest BCUT2D eigenvalue weighted by Gasteiger charge is -2.09. The van der Waals surface area contributed by atoms with Crippen LogP contribution in [0.25, 0.3) is 11.2 Å². The molecule has 2 N–H and O–H groups in total. The summed E-state index contributed by atoms with van der Waals surface area (Å²) in [6, 6.07) is 13.2. The van der Waals surface area contributed by atoms with Crippen LogP contribution in [0.2, 0.25) is 0 Å². The van der Waals surface area contributed by atoms with Crippen molar-refractivity contribution in [3.8, 4) is 5.75 Å². The van der Waals surface area contributed by atoms with Crippen LogP contribution in [0.3, 0.4) is 0 Å². The van der Waals surface area contributed by atoms with Crippen molar-refractivity contribution in [1.82, 2.24) is 24.1 Å². The van der Waals surface area contributed by atoms with Crippen LogP contribution >= 0.6 is 0 Å². The van der Waals surface area contributed by atoms with Crippen molar-refractivity contribution < 1.29 is 4.74 Å². The van der Waals surface area contributed by atoms with Gasteiger partial charge in [0.2, 0.25) is 5.95 Å². The van der Waals surface area contributed by atoms with E-state index in [1.165, 1.54) is 4.57 Å². The number of anilines is 1. The summed E-state index contributed by atoms with van der Waals surface area (Å²) < 4.78 is 8.73. The Labute approximate surface area is 176 Å². The molecule has 0 radical (unpaired) electrons. The van der Waals surface area contributed by atoms with Gasteiger partial charge in [0.15, 0.2) is 11.2 Å². The van der Waals surface area contributed by atoms with Crippen molar-refractivity contribution in [2.45, 2.75) is 13.0 Å². The Morgan fingerprint density at radius 1 is 1.19 bits per heavy atom. The van der Waals surface area contributed by atoms with Gasteiger partial charge in [0, 0.05) is 31.5 Å². The number of hydrogen-bond acceptors (Lipinski definition) is 7. The molecule has 0 atom stereocenters. The third-order valence-corrected chi connectivity index (χ3v) is 4.61. The number of nitrogens with one attached hydrogen (secondary N) is 2. The fourth-order valence-electron chi connectivity index (χ4n) is 3.08. The average Bonchev–Trinajstić information content (AvgIpc) is 3.16. The summed E-state index contributed by atoms with van der Waals surface area (Å²) in [4.78, 5) is 35.3. The smallest absolute Gasteiger partial charge is 0.329 e. The fourth-order valence-corrected chi connectivity index (χ4v) is 3.08. The molecule has 0 amide bonds. The highest BCUT2D eigenvalue weighted by molar-refractivity contribution is 5.80. The molecule has 10 heteroatoms. The number of aryl methyl sites for hydroxylation is 2. The summed E-state index contributed by atoms with van der Waals surface area (Å²) in [6.45, 7) is 0.890. The van der Waals surface area contributed by atoms with E-state index >= 15 is 0 Å². The number of hydrogen-bond donors (Lipinski definition) is 2. The van der Waals surface area contributed by atoms with E-state index in [2.05, 4.69) is 25.5 Å². The van der Waals surface area contributed by atoms with Gasteiger partial charge in [0.05, 0.1) is 12.8 Å². The van der Waals surface area contributed by atoms with Gasteiger partial charge in [0.25, 0.3) is 5.56 Å². The van der Waals surface area contributed by atoms with Gasteiger partial charge in [-0.15, -0.1) is 0 Å². The number of hydrazone groups is 1. The van der Waals surface area contributed by atoms with Crippen molar-refractivity contribution >= 4 is 23.3 Å². The van der Waals surface area contributed by atoms with Crippen LogP contribution in [0.15, 0.2) is 69.5 Å². The summed E-state index contributed by atoms with van der Waals surface area (Å²) in [6.07, 6.45) is 5.56. The van der Waals surface area contributed by atoms with Gasteiger partial charge < -0.3 is 9.30 Å². The minimum absolute atomic E-state index is 0.275. The fraction of sp³-hybridized carbons (Fsp3) is 0.190. The number of aromatic nitrogens is 5. The Hall–Kier alpha value is -4.21. The second kappa shape index (κ2) is 9.08. The van der Waals surface area contributed by atoms with Gasteiger partial charge in [-0.1, -0.05) is 24.3 Å². The van der Waals surface area contributed by atoms with E-state index in [4.69, 9.17) is 4.74 Å². The Kier molecular flexibility index (Phi) is 5.88. The van der Waals surface area contributed by atoms with E-state index in [0.717, 1.165) is 11.3 Å². The molecule has 0 spiro atoms. The normalized spacial score (nSPS) is 11.3. The lowest BCUT2D eigenvalue weighted by Crippen LogP contribution is -2.29. The molecular weight excluding hydrogens is 398 g/mol. The molecule has 0 fully saturated rings. The zero-order chi connectivity index (χ0) is 21.6. The Morgan fingerprint density at radius 3 is 2.81 bits per heavy atom. The molecule has 1 aromatic carbocycles. The molecule has 3 heterocycles. The van der Waals surface area contributed by atoms with Gasteiger partial charge in [-0.3, -0.25) is 19.3 Å². The van der Waals surface area contributed by atoms with Crippen molar-refractivity contribution in [1.29, 1.82) is 0 Å². The van der Waals surface area contributed by atoms with E-state index in [0.29, 0.717) is 31.0 Å². The highest BCUT2D eigenvalue weighted by Crippen LogP contribution is 2.16. The second-order valence-corrected chi connectivity index (χ2v) is 6.75. The number of benzene rings is 1. The number of ether oxygens (including phenoxy) is 1. The molecule has 0 saturated heterocycles. The maximum absolute atomic E-state index is 12.5. The first kappa shape index (κ1) is 20.1. The maximum atomic E-state index is 12.5. The maximum Gasteiger partial charge on any atom is 0.329 e. The summed E-state index contributed by atoms with van der Waals surface area (Å²) >= 11 is 0.